The minimum Gasteiger partial charge on any atom is -0.507 e. The lowest BCUT2D eigenvalue weighted by Gasteiger charge is -2.25. The van der Waals surface area contributed by atoms with Crippen molar-refractivity contribution in [3.8, 4) is 5.75 Å². The average Bonchev–Trinajstić information content (AvgIpc) is 2.67. The first-order valence-corrected chi connectivity index (χ1v) is 7.48. The third-order valence-corrected chi connectivity index (χ3v) is 4.13. The summed E-state index contributed by atoms with van der Waals surface area (Å²) in [5, 5.41) is 13.4. The number of hydrogen-bond acceptors (Lipinski definition) is 3. The molecule has 0 spiro atoms. The summed E-state index contributed by atoms with van der Waals surface area (Å²) in [4.78, 5) is 2.42. The zero-order valence-electron chi connectivity index (χ0n) is 12.7. The van der Waals surface area contributed by atoms with Gasteiger partial charge in [0, 0.05) is 31.9 Å². The lowest BCUT2D eigenvalue weighted by molar-refractivity contribution is 0.466. The molecule has 0 radical (unpaired) electrons. The molecule has 3 nitrogen and oxygen atoms in total. The molecule has 0 saturated carbocycles. The predicted molar refractivity (Wildman–Crippen MR) is 86.8 cm³/mol. The highest BCUT2D eigenvalue weighted by atomic mass is 16.3. The summed E-state index contributed by atoms with van der Waals surface area (Å²) in [7, 11) is 0. The Morgan fingerprint density at radius 2 is 1.86 bits per heavy atom. The topological polar surface area (TPSA) is 35.5 Å². The number of phenols is 1. The van der Waals surface area contributed by atoms with Gasteiger partial charge in [-0.1, -0.05) is 30.3 Å². The Kier molecular flexibility index (Phi) is 3.84. The predicted octanol–water partition coefficient (Wildman–Crippen LogP) is 3.12. The fraction of sp³-hybridized carbons (Fsp3) is 0.333. The van der Waals surface area contributed by atoms with Crippen LogP contribution < -0.4 is 10.2 Å². The second kappa shape index (κ2) is 5.78. The first-order valence-electron chi connectivity index (χ1n) is 7.48. The highest BCUT2D eigenvalue weighted by Crippen LogP contribution is 2.27. The van der Waals surface area contributed by atoms with Crippen molar-refractivity contribution >= 4 is 5.69 Å². The van der Waals surface area contributed by atoms with Crippen LogP contribution in [0.3, 0.4) is 0 Å². The number of para-hydroxylation sites is 1. The van der Waals surface area contributed by atoms with Gasteiger partial charge in [-0.25, -0.2) is 0 Å². The molecule has 2 aromatic rings. The van der Waals surface area contributed by atoms with Crippen molar-refractivity contribution in [2.75, 3.05) is 18.0 Å². The van der Waals surface area contributed by atoms with Crippen molar-refractivity contribution in [1.82, 2.24) is 5.32 Å². The van der Waals surface area contributed by atoms with Crippen LogP contribution >= 0.6 is 0 Å². The van der Waals surface area contributed by atoms with Crippen LogP contribution in [0.4, 0.5) is 5.69 Å². The van der Waals surface area contributed by atoms with Crippen molar-refractivity contribution in [3.05, 3.63) is 58.7 Å². The molecule has 1 aliphatic rings. The maximum Gasteiger partial charge on any atom is 0.121 e. The van der Waals surface area contributed by atoms with Crippen LogP contribution in [-0.2, 0) is 13.1 Å². The van der Waals surface area contributed by atoms with Crippen LogP contribution in [0.5, 0.6) is 5.75 Å². The summed E-state index contributed by atoms with van der Waals surface area (Å²) in [6.07, 6.45) is 0. The zero-order chi connectivity index (χ0) is 14.8. The molecule has 0 aromatic heterocycles. The molecule has 0 saturated heterocycles. The maximum atomic E-state index is 9.92. The Morgan fingerprint density at radius 3 is 2.62 bits per heavy atom. The van der Waals surface area contributed by atoms with E-state index in [9.17, 15) is 5.11 Å². The van der Waals surface area contributed by atoms with Crippen molar-refractivity contribution < 1.29 is 5.11 Å². The molecule has 2 aromatic carbocycles. The number of benzene rings is 2. The van der Waals surface area contributed by atoms with E-state index in [1.807, 2.05) is 13.8 Å². The van der Waals surface area contributed by atoms with Crippen molar-refractivity contribution in [2.24, 2.45) is 0 Å². The molecular weight excluding hydrogens is 260 g/mol. The second-order valence-corrected chi connectivity index (χ2v) is 5.81. The fourth-order valence-electron chi connectivity index (χ4n) is 3.05. The van der Waals surface area contributed by atoms with Crippen molar-refractivity contribution in [3.63, 3.8) is 0 Å². The molecule has 0 unspecified atom stereocenters. The van der Waals surface area contributed by atoms with E-state index in [0.29, 0.717) is 5.75 Å². The summed E-state index contributed by atoms with van der Waals surface area (Å²) in [5.74, 6) is 0.414. The molecule has 3 heteroatoms. The summed E-state index contributed by atoms with van der Waals surface area (Å²) in [6, 6.07) is 12.8. The number of anilines is 1. The SMILES string of the molecule is Cc1cc(CN2CCNCc3ccccc32)cc(C)c1O. The fourth-order valence-corrected chi connectivity index (χ4v) is 3.05. The number of hydrogen-bond donors (Lipinski definition) is 2. The molecule has 0 bridgehead atoms. The Bertz CT molecular complexity index is 628. The molecule has 0 amide bonds. The van der Waals surface area contributed by atoms with E-state index in [-0.39, 0.29) is 0 Å². The van der Waals surface area contributed by atoms with Gasteiger partial charge in [0.2, 0.25) is 0 Å². The number of aryl methyl sites for hydroxylation is 2. The molecule has 21 heavy (non-hydrogen) atoms. The average molecular weight is 282 g/mol. The zero-order valence-corrected chi connectivity index (χ0v) is 12.7. The standard InChI is InChI=1S/C18H22N2O/c1-13-9-15(10-14(2)18(13)21)12-20-8-7-19-11-16-5-3-4-6-17(16)20/h3-6,9-10,19,21H,7-8,11-12H2,1-2H3. The summed E-state index contributed by atoms with van der Waals surface area (Å²) in [6.45, 7) is 7.72. The van der Waals surface area contributed by atoms with Gasteiger partial charge >= 0.3 is 0 Å². The molecule has 3 rings (SSSR count). The molecule has 0 aliphatic carbocycles. The first-order chi connectivity index (χ1) is 10.1. The lowest BCUT2D eigenvalue weighted by atomic mass is 10.0. The number of nitrogens with zero attached hydrogens (tertiary/aromatic N) is 1. The van der Waals surface area contributed by atoms with Crippen molar-refractivity contribution in [2.45, 2.75) is 26.9 Å². The number of rotatable bonds is 2. The quantitative estimate of drug-likeness (QED) is 0.888. The summed E-state index contributed by atoms with van der Waals surface area (Å²) >= 11 is 0. The van der Waals surface area contributed by atoms with E-state index in [1.54, 1.807) is 0 Å². The molecule has 1 heterocycles. The number of phenolic OH excluding ortho intramolecular Hbond substituents is 1. The second-order valence-electron chi connectivity index (χ2n) is 5.81. The minimum absolute atomic E-state index is 0.414. The Morgan fingerprint density at radius 1 is 1.14 bits per heavy atom. The van der Waals surface area contributed by atoms with Crippen LogP contribution in [-0.4, -0.2) is 18.2 Å². The minimum atomic E-state index is 0.414. The van der Waals surface area contributed by atoms with Gasteiger partial charge in [-0.15, -0.1) is 0 Å². The number of aromatic hydroxyl groups is 1. The van der Waals surface area contributed by atoms with E-state index in [1.165, 1.54) is 16.8 Å². The van der Waals surface area contributed by atoms with Gasteiger partial charge in [0.15, 0.2) is 0 Å². The molecule has 1 aliphatic heterocycles. The highest BCUT2D eigenvalue weighted by Gasteiger charge is 2.15. The smallest absolute Gasteiger partial charge is 0.121 e. The third-order valence-electron chi connectivity index (χ3n) is 4.13. The van der Waals surface area contributed by atoms with E-state index in [0.717, 1.165) is 37.3 Å². The van der Waals surface area contributed by atoms with Gasteiger partial charge in [0.1, 0.15) is 5.75 Å². The summed E-state index contributed by atoms with van der Waals surface area (Å²) < 4.78 is 0. The normalized spacial score (nSPS) is 14.7. The third kappa shape index (κ3) is 2.88. The van der Waals surface area contributed by atoms with Gasteiger partial charge in [0.05, 0.1) is 0 Å². The molecule has 110 valence electrons. The monoisotopic (exact) mass is 282 g/mol. The summed E-state index contributed by atoms with van der Waals surface area (Å²) in [5.41, 5.74) is 5.81. The van der Waals surface area contributed by atoms with Gasteiger partial charge < -0.3 is 15.3 Å². The molecular formula is C18H22N2O. The van der Waals surface area contributed by atoms with E-state index in [4.69, 9.17) is 0 Å². The van der Waals surface area contributed by atoms with E-state index >= 15 is 0 Å². The Labute approximate surface area is 126 Å². The van der Waals surface area contributed by atoms with Gasteiger partial charge in [-0.2, -0.15) is 0 Å². The van der Waals surface area contributed by atoms with Crippen LogP contribution in [0, 0.1) is 13.8 Å². The van der Waals surface area contributed by atoms with E-state index in [2.05, 4.69) is 46.6 Å². The van der Waals surface area contributed by atoms with Crippen LogP contribution in [0.2, 0.25) is 0 Å². The first kappa shape index (κ1) is 14.0. The van der Waals surface area contributed by atoms with Gasteiger partial charge in [-0.3, -0.25) is 0 Å². The van der Waals surface area contributed by atoms with Crippen LogP contribution in [0.1, 0.15) is 22.3 Å². The Balaban J connectivity index is 1.91. The molecule has 0 atom stereocenters. The highest BCUT2D eigenvalue weighted by molar-refractivity contribution is 5.55. The number of fused-ring (bicyclic) bond motifs is 1. The maximum absolute atomic E-state index is 9.92. The van der Waals surface area contributed by atoms with Crippen molar-refractivity contribution in [1.29, 1.82) is 0 Å². The molecule has 2 N–H and O–H groups in total. The van der Waals surface area contributed by atoms with Crippen LogP contribution in [0.25, 0.3) is 0 Å². The van der Waals surface area contributed by atoms with Gasteiger partial charge in [0.25, 0.3) is 0 Å². The Hall–Kier alpha value is -2.00. The number of nitrogens with one attached hydrogen (secondary N) is 1. The lowest BCUT2D eigenvalue weighted by Crippen LogP contribution is -2.28. The van der Waals surface area contributed by atoms with Gasteiger partial charge in [-0.05, 0) is 42.2 Å². The van der Waals surface area contributed by atoms with E-state index < -0.39 is 0 Å². The molecule has 0 fully saturated rings. The van der Waals surface area contributed by atoms with Crippen LogP contribution in [0.15, 0.2) is 36.4 Å². The largest absolute Gasteiger partial charge is 0.507 e.